The Morgan fingerprint density at radius 3 is 2.78 bits per heavy atom. The molecular weight excluding hydrogens is 236 g/mol. The summed E-state index contributed by atoms with van der Waals surface area (Å²) in [4.78, 5) is 0. The van der Waals surface area contributed by atoms with Gasteiger partial charge < -0.3 is 10.1 Å². The summed E-state index contributed by atoms with van der Waals surface area (Å²) in [5, 5.41) is 3.09. The van der Waals surface area contributed by atoms with E-state index in [-0.39, 0.29) is 12.1 Å². The molecule has 0 amide bonds. The van der Waals surface area contributed by atoms with Gasteiger partial charge >= 0.3 is 0 Å². The van der Waals surface area contributed by atoms with Crippen LogP contribution in [0.1, 0.15) is 36.4 Å². The Hall–Kier alpha value is -1.00. The van der Waals surface area contributed by atoms with Crippen molar-refractivity contribution in [3.8, 4) is 0 Å². The molecule has 2 unspecified atom stereocenters. The van der Waals surface area contributed by atoms with Crippen LogP contribution in [0.5, 0.6) is 0 Å². The van der Waals surface area contributed by atoms with Gasteiger partial charge in [-0.25, -0.2) is 8.78 Å². The highest BCUT2D eigenvalue weighted by molar-refractivity contribution is 5.28. The third kappa shape index (κ3) is 2.87. The van der Waals surface area contributed by atoms with Crippen LogP contribution < -0.4 is 5.32 Å². The van der Waals surface area contributed by atoms with E-state index in [0.29, 0.717) is 11.1 Å². The zero-order chi connectivity index (χ0) is 13.1. The number of nitrogens with one attached hydrogen (secondary N) is 1. The van der Waals surface area contributed by atoms with Crippen molar-refractivity contribution in [3.63, 3.8) is 0 Å². The molecule has 100 valence electrons. The third-order valence-electron chi connectivity index (χ3n) is 3.52. The molecule has 1 aromatic rings. The van der Waals surface area contributed by atoms with E-state index in [1.165, 1.54) is 0 Å². The van der Waals surface area contributed by atoms with Gasteiger partial charge in [-0.3, -0.25) is 0 Å². The molecule has 1 heterocycles. The zero-order valence-corrected chi connectivity index (χ0v) is 10.8. The molecule has 1 fully saturated rings. The molecule has 18 heavy (non-hydrogen) atoms. The predicted molar refractivity (Wildman–Crippen MR) is 66.5 cm³/mol. The Kier molecular flexibility index (Phi) is 4.30. The smallest absolute Gasteiger partial charge is 0.130 e. The van der Waals surface area contributed by atoms with Gasteiger partial charge in [0.1, 0.15) is 11.6 Å². The highest BCUT2D eigenvalue weighted by Gasteiger charge is 2.23. The van der Waals surface area contributed by atoms with Crippen LogP contribution in [-0.2, 0) is 4.74 Å². The first-order chi connectivity index (χ1) is 8.61. The molecule has 0 bridgehead atoms. The summed E-state index contributed by atoms with van der Waals surface area (Å²) < 4.78 is 32.6. The highest BCUT2D eigenvalue weighted by atomic mass is 19.1. The van der Waals surface area contributed by atoms with Gasteiger partial charge in [-0.15, -0.1) is 0 Å². The van der Waals surface area contributed by atoms with Crippen molar-refractivity contribution < 1.29 is 13.5 Å². The Morgan fingerprint density at radius 2 is 2.17 bits per heavy atom. The number of benzene rings is 1. The monoisotopic (exact) mass is 255 g/mol. The second-order valence-electron chi connectivity index (χ2n) is 4.83. The topological polar surface area (TPSA) is 21.3 Å². The predicted octanol–water partition coefficient (Wildman–Crippen LogP) is 3.10. The van der Waals surface area contributed by atoms with Crippen molar-refractivity contribution in [2.45, 2.75) is 38.3 Å². The second kappa shape index (κ2) is 5.76. The van der Waals surface area contributed by atoms with Crippen molar-refractivity contribution in [2.75, 3.05) is 13.7 Å². The lowest BCUT2D eigenvalue weighted by Gasteiger charge is -2.21. The summed E-state index contributed by atoms with van der Waals surface area (Å²) in [6.07, 6.45) is 2.97. The lowest BCUT2D eigenvalue weighted by molar-refractivity contribution is 0.0950. The molecule has 2 nitrogen and oxygen atoms in total. The van der Waals surface area contributed by atoms with Gasteiger partial charge in [0.05, 0.1) is 6.10 Å². The van der Waals surface area contributed by atoms with Gasteiger partial charge in [0, 0.05) is 24.3 Å². The molecule has 1 aromatic carbocycles. The van der Waals surface area contributed by atoms with Crippen LogP contribution in [0.3, 0.4) is 0 Å². The molecule has 0 aromatic heterocycles. The van der Waals surface area contributed by atoms with Crippen LogP contribution in [-0.4, -0.2) is 19.8 Å². The van der Waals surface area contributed by atoms with Crippen molar-refractivity contribution in [2.24, 2.45) is 0 Å². The fourth-order valence-electron chi connectivity index (χ4n) is 2.44. The van der Waals surface area contributed by atoms with E-state index in [1.807, 2.05) is 0 Å². The average molecular weight is 255 g/mol. The summed E-state index contributed by atoms with van der Waals surface area (Å²) in [6, 6.07) is 2.41. The number of halogens is 2. The highest BCUT2D eigenvalue weighted by Crippen LogP contribution is 2.28. The summed E-state index contributed by atoms with van der Waals surface area (Å²) in [6.45, 7) is 2.43. The van der Waals surface area contributed by atoms with E-state index in [2.05, 4.69) is 5.32 Å². The van der Waals surface area contributed by atoms with Crippen molar-refractivity contribution in [1.29, 1.82) is 0 Å². The van der Waals surface area contributed by atoms with E-state index in [1.54, 1.807) is 20.0 Å². The molecule has 0 saturated carbocycles. The van der Waals surface area contributed by atoms with E-state index < -0.39 is 11.6 Å². The Morgan fingerprint density at radius 1 is 1.39 bits per heavy atom. The van der Waals surface area contributed by atoms with Gasteiger partial charge in [-0.1, -0.05) is 0 Å². The standard InChI is InChI=1S/C14H19F2NO/c1-9-6-11(13(16)8-12(9)15)14(17-2)7-10-4-3-5-18-10/h6,8,10,14,17H,3-5,7H2,1-2H3. The molecule has 1 saturated heterocycles. The third-order valence-corrected chi connectivity index (χ3v) is 3.52. The van der Waals surface area contributed by atoms with Crippen LogP contribution in [0.2, 0.25) is 0 Å². The average Bonchev–Trinajstić information content (AvgIpc) is 2.84. The first-order valence-corrected chi connectivity index (χ1v) is 6.36. The molecule has 4 heteroatoms. The largest absolute Gasteiger partial charge is 0.378 e. The number of hydrogen-bond donors (Lipinski definition) is 1. The number of rotatable bonds is 4. The molecule has 1 N–H and O–H groups in total. The fraction of sp³-hybridized carbons (Fsp3) is 0.571. The quantitative estimate of drug-likeness (QED) is 0.892. The van der Waals surface area contributed by atoms with E-state index >= 15 is 0 Å². The second-order valence-corrected chi connectivity index (χ2v) is 4.83. The minimum Gasteiger partial charge on any atom is -0.378 e. The van der Waals surface area contributed by atoms with E-state index in [9.17, 15) is 8.78 Å². The number of hydrogen-bond acceptors (Lipinski definition) is 2. The summed E-state index contributed by atoms with van der Waals surface area (Å²) in [5.41, 5.74) is 0.992. The first-order valence-electron chi connectivity index (χ1n) is 6.36. The molecular formula is C14H19F2NO. The van der Waals surface area contributed by atoms with Crippen molar-refractivity contribution >= 4 is 0 Å². The number of aryl methyl sites for hydroxylation is 1. The maximum atomic E-state index is 13.8. The van der Waals surface area contributed by atoms with Gasteiger partial charge in [0.2, 0.25) is 0 Å². The van der Waals surface area contributed by atoms with Gasteiger partial charge in [-0.2, -0.15) is 0 Å². The Bertz CT molecular complexity index is 417. The molecule has 1 aliphatic rings. The first kappa shape index (κ1) is 13.4. The lowest BCUT2D eigenvalue weighted by atomic mass is 9.97. The van der Waals surface area contributed by atoms with Crippen LogP contribution in [0.15, 0.2) is 12.1 Å². The SMILES string of the molecule is CNC(CC1CCCO1)c1cc(C)c(F)cc1F. The maximum absolute atomic E-state index is 13.8. The molecule has 2 atom stereocenters. The van der Waals surface area contributed by atoms with Gasteiger partial charge in [0.15, 0.2) is 0 Å². The van der Waals surface area contributed by atoms with Gasteiger partial charge in [0.25, 0.3) is 0 Å². The van der Waals surface area contributed by atoms with E-state index in [4.69, 9.17) is 4.74 Å². The molecule has 0 aliphatic carbocycles. The van der Waals surface area contributed by atoms with Crippen LogP contribution in [0.4, 0.5) is 8.78 Å². The fourth-order valence-corrected chi connectivity index (χ4v) is 2.44. The van der Waals surface area contributed by atoms with Crippen molar-refractivity contribution in [3.05, 3.63) is 34.9 Å². The Labute approximate surface area is 106 Å². The molecule has 2 rings (SSSR count). The summed E-state index contributed by atoms with van der Waals surface area (Å²) in [7, 11) is 1.79. The maximum Gasteiger partial charge on any atom is 0.130 e. The normalized spacial score (nSPS) is 21.2. The molecule has 1 aliphatic heterocycles. The van der Waals surface area contributed by atoms with E-state index in [0.717, 1.165) is 31.9 Å². The minimum atomic E-state index is -0.497. The lowest BCUT2D eigenvalue weighted by Crippen LogP contribution is -2.23. The summed E-state index contributed by atoms with van der Waals surface area (Å²) in [5.74, 6) is -0.987. The zero-order valence-electron chi connectivity index (χ0n) is 10.8. The van der Waals surface area contributed by atoms with Gasteiger partial charge in [-0.05, 0) is 44.9 Å². The summed E-state index contributed by atoms with van der Waals surface area (Å²) >= 11 is 0. The number of ether oxygens (including phenoxy) is 1. The minimum absolute atomic E-state index is 0.132. The van der Waals surface area contributed by atoms with Crippen LogP contribution in [0.25, 0.3) is 0 Å². The van der Waals surface area contributed by atoms with Crippen molar-refractivity contribution in [1.82, 2.24) is 5.32 Å². The molecule has 0 radical (unpaired) electrons. The Balaban J connectivity index is 2.18. The van der Waals surface area contributed by atoms with Crippen LogP contribution >= 0.6 is 0 Å². The van der Waals surface area contributed by atoms with Crippen LogP contribution in [0, 0.1) is 18.6 Å². The molecule has 0 spiro atoms.